The second-order valence-electron chi connectivity index (χ2n) is 8.22. The molecule has 0 aliphatic carbocycles. The molecule has 4 aliphatic rings. The second-order valence-corrected chi connectivity index (χ2v) is 8.69. The lowest BCUT2D eigenvalue weighted by Gasteiger charge is -2.42. The molecule has 0 bridgehead atoms. The fourth-order valence-electron chi connectivity index (χ4n) is 5.25. The average molecular weight is 342 g/mol. The quantitative estimate of drug-likeness (QED) is 0.458. The molecule has 6 heteroatoms. The van der Waals surface area contributed by atoms with Crippen LogP contribution in [0.1, 0.15) is 19.3 Å². The van der Waals surface area contributed by atoms with Gasteiger partial charge in [0, 0.05) is 19.0 Å². The van der Waals surface area contributed by atoms with Gasteiger partial charge in [-0.1, -0.05) is 0 Å². The molecule has 5 nitrogen and oxygen atoms in total. The number of nitrogens with one attached hydrogen (secondary N) is 1. The van der Waals surface area contributed by atoms with E-state index in [4.69, 9.17) is 11.6 Å². The van der Waals surface area contributed by atoms with Crippen LogP contribution in [0.25, 0.3) is 0 Å². The van der Waals surface area contributed by atoms with Crippen molar-refractivity contribution in [2.75, 3.05) is 60.0 Å². The molecule has 0 saturated carbocycles. The summed E-state index contributed by atoms with van der Waals surface area (Å²) in [5.41, 5.74) is 0.170. The lowest BCUT2D eigenvalue weighted by Crippen LogP contribution is -2.53. The second kappa shape index (κ2) is 6.58. The third kappa shape index (κ3) is 3.17. The van der Waals surface area contributed by atoms with Gasteiger partial charge in [0.1, 0.15) is 0 Å². The van der Waals surface area contributed by atoms with Crippen molar-refractivity contribution in [3.63, 3.8) is 0 Å². The Morgan fingerprint density at radius 1 is 1.13 bits per heavy atom. The molecule has 4 rings (SSSR count). The van der Waals surface area contributed by atoms with Crippen LogP contribution in [0, 0.1) is 17.8 Å². The number of fused-ring (bicyclic) bond motifs is 2. The molecule has 1 N–H and O–H groups in total. The number of likely N-dealkylation sites (N-methyl/N-ethyl adjacent to an activating group) is 2. The summed E-state index contributed by atoms with van der Waals surface area (Å²) in [6.45, 7) is 8.30. The SMILES string of the molecule is CN1CCC2C[N+](CN3CCC4CCNC(Cl)C4C3)=[N+](C)C2C1. The zero-order valence-electron chi connectivity index (χ0n) is 14.6. The summed E-state index contributed by atoms with van der Waals surface area (Å²) in [5, 5.41) is 3.46. The van der Waals surface area contributed by atoms with Crippen LogP contribution in [0.4, 0.5) is 0 Å². The van der Waals surface area contributed by atoms with Crippen molar-refractivity contribution in [3.8, 4) is 0 Å². The molecular weight excluding hydrogens is 310 g/mol. The largest absolute Gasteiger partial charge is 0.301 e. The van der Waals surface area contributed by atoms with Crippen molar-refractivity contribution >= 4 is 11.6 Å². The number of halogens is 1. The van der Waals surface area contributed by atoms with Crippen LogP contribution in [-0.2, 0) is 0 Å². The number of likely N-dealkylation sites (tertiary alicyclic amines) is 2. The number of azo groups is 4. The van der Waals surface area contributed by atoms with Gasteiger partial charge in [0.15, 0.2) is 7.05 Å². The first kappa shape index (κ1) is 16.2. The number of piperidine rings is 3. The van der Waals surface area contributed by atoms with Crippen LogP contribution >= 0.6 is 11.6 Å². The molecule has 5 atom stereocenters. The first-order valence-corrected chi connectivity index (χ1v) is 9.81. The van der Waals surface area contributed by atoms with Crippen molar-refractivity contribution in [3.05, 3.63) is 0 Å². The Kier molecular flexibility index (Phi) is 4.65. The highest BCUT2D eigenvalue weighted by molar-refractivity contribution is 6.20. The van der Waals surface area contributed by atoms with E-state index < -0.39 is 0 Å². The van der Waals surface area contributed by atoms with Gasteiger partial charge in [-0.25, -0.2) is 4.90 Å². The minimum atomic E-state index is 0.170. The highest BCUT2D eigenvalue weighted by Gasteiger charge is 2.49. The molecule has 3 fully saturated rings. The predicted octanol–water partition coefficient (Wildman–Crippen LogP) is 0.881. The van der Waals surface area contributed by atoms with Gasteiger partial charge in [-0.3, -0.25) is 4.90 Å². The van der Waals surface area contributed by atoms with Gasteiger partial charge < -0.3 is 5.32 Å². The van der Waals surface area contributed by atoms with Crippen molar-refractivity contribution in [1.29, 1.82) is 0 Å². The average Bonchev–Trinajstić information content (AvgIpc) is 2.84. The molecule has 0 aromatic rings. The van der Waals surface area contributed by atoms with Crippen LogP contribution < -0.4 is 5.32 Å². The van der Waals surface area contributed by atoms with E-state index in [1.54, 1.807) is 0 Å². The number of rotatable bonds is 2. The fraction of sp³-hybridized carbons (Fsp3) is 1.00. The van der Waals surface area contributed by atoms with E-state index in [1.165, 1.54) is 45.4 Å². The Balaban J connectivity index is 1.40. The van der Waals surface area contributed by atoms with Gasteiger partial charge in [0.2, 0.25) is 12.6 Å². The van der Waals surface area contributed by atoms with E-state index >= 15 is 0 Å². The molecule has 0 radical (unpaired) electrons. The van der Waals surface area contributed by atoms with E-state index in [-0.39, 0.29) is 5.50 Å². The van der Waals surface area contributed by atoms with Gasteiger partial charge in [-0.05, 0) is 54.7 Å². The van der Waals surface area contributed by atoms with Crippen LogP contribution in [0.3, 0.4) is 0 Å². The molecule has 130 valence electrons. The third-order valence-corrected chi connectivity index (χ3v) is 7.26. The molecule has 0 aromatic carbocycles. The fourth-order valence-corrected chi connectivity index (χ4v) is 5.64. The van der Waals surface area contributed by atoms with E-state index in [0.29, 0.717) is 12.0 Å². The molecule has 0 amide bonds. The predicted molar refractivity (Wildman–Crippen MR) is 91.0 cm³/mol. The normalized spacial score (nSPS) is 42.7. The Hall–Kier alpha value is -0.230. The summed E-state index contributed by atoms with van der Waals surface area (Å²) in [6.07, 6.45) is 3.98. The van der Waals surface area contributed by atoms with Crippen LogP contribution in [0.15, 0.2) is 0 Å². The highest BCUT2D eigenvalue weighted by Crippen LogP contribution is 2.33. The molecular formula is C17H32ClN5+2. The van der Waals surface area contributed by atoms with Crippen LogP contribution in [0.2, 0.25) is 0 Å². The summed E-state index contributed by atoms with van der Waals surface area (Å²) < 4.78 is 5.12. The number of nitrogens with zero attached hydrogens (tertiary/aromatic N) is 4. The number of hydrogen-bond donors (Lipinski definition) is 1. The Labute approximate surface area is 145 Å². The maximum Gasteiger partial charge on any atom is 0.259 e. The van der Waals surface area contributed by atoms with Crippen LogP contribution in [-0.4, -0.2) is 90.8 Å². The Morgan fingerprint density at radius 3 is 2.83 bits per heavy atom. The van der Waals surface area contributed by atoms with E-state index in [9.17, 15) is 0 Å². The first-order chi connectivity index (χ1) is 11.1. The standard InChI is InChI=1S/C17H32ClN5/c1-20-7-4-14-9-23(21(2)16(14)11-20)12-22-8-5-13-3-6-19-17(18)15(13)10-22/h13-17,19H,3-12H2,1-2H3/q+2. The van der Waals surface area contributed by atoms with E-state index in [0.717, 1.165) is 31.6 Å². The topological polar surface area (TPSA) is 24.5 Å². The van der Waals surface area contributed by atoms with E-state index in [2.05, 4.69) is 38.6 Å². The van der Waals surface area contributed by atoms with Crippen molar-refractivity contribution in [2.45, 2.75) is 30.8 Å². The Bertz CT molecular complexity index is 482. The summed E-state index contributed by atoms with van der Waals surface area (Å²) >= 11 is 6.55. The Morgan fingerprint density at radius 2 is 1.96 bits per heavy atom. The molecule has 5 unspecified atom stereocenters. The van der Waals surface area contributed by atoms with Crippen molar-refractivity contribution in [2.24, 2.45) is 17.8 Å². The number of alkyl halides is 1. The molecule has 0 aromatic heterocycles. The minimum Gasteiger partial charge on any atom is -0.301 e. The van der Waals surface area contributed by atoms with Gasteiger partial charge in [0.05, 0.1) is 18.0 Å². The molecule has 3 saturated heterocycles. The summed E-state index contributed by atoms with van der Waals surface area (Å²) in [5.74, 6) is 2.31. The molecule has 0 spiro atoms. The molecule has 4 heterocycles. The van der Waals surface area contributed by atoms with Gasteiger partial charge in [-0.15, -0.1) is 11.6 Å². The zero-order valence-corrected chi connectivity index (χ0v) is 15.4. The van der Waals surface area contributed by atoms with Gasteiger partial charge in [0.25, 0.3) is 6.67 Å². The van der Waals surface area contributed by atoms with Crippen LogP contribution in [0.5, 0.6) is 0 Å². The zero-order chi connectivity index (χ0) is 16.0. The smallest absolute Gasteiger partial charge is 0.259 e. The lowest BCUT2D eigenvalue weighted by molar-refractivity contribution is -1.01. The monoisotopic (exact) mass is 341 g/mol. The summed E-state index contributed by atoms with van der Waals surface area (Å²) in [6, 6.07) is 0.711. The maximum atomic E-state index is 6.55. The summed E-state index contributed by atoms with van der Waals surface area (Å²) in [4.78, 5) is 5.12. The van der Waals surface area contributed by atoms with Crippen molar-refractivity contribution in [1.82, 2.24) is 15.1 Å². The van der Waals surface area contributed by atoms with Gasteiger partial charge in [-0.2, -0.15) is 0 Å². The van der Waals surface area contributed by atoms with E-state index in [1.807, 2.05) is 0 Å². The lowest BCUT2D eigenvalue weighted by atomic mass is 9.81. The minimum absolute atomic E-state index is 0.170. The highest BCUT2D eigenvalue weighted by atomic mass is 35.5. The first-order valence-electron chi connectivity index (χ1n) is 9.38. The van der Waals surface area contributed by atoms with Crippen molar-refractivity contribution < 1.29 is 9.39 Å². The third-order valence-electron chi connectivity index (χ3n) is 6.78. The maximum absolute atomic E-state index is 6.55. The number of hydrogen-bond acceptors (Lipinski definition) is 3. The summed E-state index contributed by atoms with van der Waals surface area (Å²) in [7, 11) is 4.55. The van der Waals surface area contributed by atoms with Gasteiger partial charge >= 0.3 is 0 Å². The molecule has 4 aliphatic heterocycles. The molecule has 23 heavy (non-hydrogen) atoms.